The monoisotopic (exact) mass is 313 g/mol. The summed E-state index contributed by atoms with van der Waals surface area (Å²) >= 11 is 3.37. The van der Waals surface area contributed by atoms with Crippen LogP contribution in [0.25, 0.3) is 0 Å². The number of carbonyl (C=O) groups is 1. The highest BCUT2D eigenvalue weighted by Crippen LogP contribution is 2.13. The number of amides is 1. The van der Waals surface area contributed by atoms with Crippen LogP contribution in [0.2, 0.25) is 0 Å². The van der Waals surface area contributed by atoms with E-state index in [4.69, 9.17) is 0 Å². The van der Waals surface area contributed by atoms with E-state index in [9.17, 15) is 4.79 Å². The van der Waals surface area contributed by atoms with Crippen LogP contribution in [0, 0.1) is 0 Å². The molecular weight excluding hydrogens is 294 g/mol. The molecule has 0 bridgehead atoms. The average molecular weight is 314 g/mol. The summed E-state index contributed by atoms with van der Waals surface area (Å²) in [5, 5.41) is 5.96. The minimum atomic E-state index is 0.0247. The van der Waals surface area contributed by atoms with E-state index in [2.05, 4.69) is 31.5 Å². The Morgan fingerprint density at radius 2 is 1.94 bits per heavy atom. The van der Waals surface area contributed by atoms with Crippen molar-refractivity contribution in [2.45, 2.75) is 6.42 Å². The molecule has 1 aromatic rings. The van der Waals surface area contributed by atoms with E-state index in [1.165, 1.54) is 0 Å². The molecule has 0 fully saturated rings. The molecule has 0 aromatic heterocycles. The maximum atomic E-state index is 11.5. The Morgan fingerprint density at radius 3 is 2.56 bits per heavy atom. The van der Waals surface area contributed by atoms with Crippen LogP contribution in [-0.2, 0) is 4.79 Å². The van der Waals surface area contributed by atoms with E-state index in [0.717, 1.165) is 29.7 Å². The summed E-state index contributed by atoms with van der Waals surface area (Å²) in [6.07, 6.45) is 0.969. The van der Waals surface area contributed by atoms with E-state index in [1.807, 2.05) is 38.4 Å². The fourth-order valence-electron chi connectivity index (χ4n) is 1.44. The fraction of sp³-hybridized carbons (Fsp3) is 0.462. The van der Waals surface area contributed by atoms with Crippen LogP contribution in [0.5, 0.6) is 0 Å². The topological polar surface area (TPSA) is 44.4 Å². The molecule has 0 aliphatic carbocycles. The molecule has 0 heterocycles. The van der Waals surface area contributed by atoms with Crippen molar-refractivity contribution >= 4 is 27.5 Å². The largest absolute Gasteiger partial charge is 0.376 e. The molecular formula is C13H20BrN3O. The maximum Gasteiger partial charge on any atom is 0.239 e. The summed E-state index contributed by atoms with van der Waals surface area (Å²) in [5.41, 5.74) is 0.946. The van der Waals surface area contributed by atoms with Gasteiger partial charge in [-0.15, -0.1) is 0 Å². The van der Waals surface area contributed by atoms with E-state index >= 15 is 0 Å². The van der Waals surface area contributed by atoms with Gasteiger partial charge in [-0.2, -0.15) is 0 Å². The Morgan fingerprint density at radius 1 is 1.28 bits per heavy atom. The zero-order valence-electron chi connectivity index (χ0n) is 10.9. The van der Waals surface area contributed by atoms with E-state index in [-0.39, 0.29) is 5.91 Å². The number of nitrogens with one attached hydrogen (secondary N) is 2. The summed E-state index contributed by atoms with van der Waals surface area (Å²) in [6.45, 7) is 2.02. The lowest BCUT2D eigenvalue weighted by molar-refractivity contribution is -0.119. The molecule has 100 valence electrons. The molecule has 4 nitrogen and oxygen atoms in total. The van der Waals surface area contributed by atoms with E-state index in [1.54, 1.807) is 0 Å². The van der Waals surface area contributed by atoms with Crippen LogP contribution in [0.3, 0.4) is 0 Å². The Hall–Kier alpha value is -1.07. The molecule has 2 N–H and O–H groups in total. The van der Waals surface area contributed by atoms with Gasteiger partial charge in [0.2, 0.25) is 5.91 Å². The number of anilines is 1. The number of halogens is 1. The van der Waals surface area contributed by atoms with Gasteiger partial charge >= 0.3 is 0 Å². The predicted molar refractivity (Wildman–Crippen MR) is 78.8 cm³/mol. The van der Waals surface area contributed by atoms with Crippen LogP contribution in [0.15, 0.2) is 28.7 Å². The van der Waals surface area contributed by atoms with Gasteiger partial charge in [0.15, 0.2) is 0 Å². The molecule has 1 rings (SSSR count). The minimum Gasteiger partial charge on any atom is -0.376 e. The SMILES string of the molecule is CN(C)CCCNC(=O)CNc1ccc(Br)cc1. The summed E-state index contributed by atoms with van der Waals surface area (Å²) in [4.78, 5) is 13.6. The second-order valence-electron chi connectivity index (χ2n) is 4.37. The summed E-state index contributed by atoms with van der Waals surface area (Å²) < 4.78 is 1.03. The highest BCUT2D eigenvalue weighted by Gasteiger charge is 2.00. The van der Waals surface area contributed by atoms with Gasteiger partial charge in [-0.1, -0.05) is 15.9 Å². The Kier molecular flexibility index (Phi) is 6.75. The maximum absolute atomic E-state index is 11.5. The summed E-state index contributed by atoms with van der Waals surface area (Å²) in [7, 11) is 4.05. The molecule has 0 saturated heterocycles. The van der Waals surface area contributed by atoms with Gasteiger partial charge in [0.1, 0.15) is 0 Å². The van der Waals surface area contributed by atoms with E-state index < -0.39 is 0 Å². The molecule has 0 aliphatic heterocycles. The molecule has 1 aromatic carbocycles. The lowest BCUT2D eigenvalue weighted by atomic mass is 10.3. The summed E-state index contributed by atoms with van der Waals surface area (Å²) in [5.74, 6) is 0.0247. The van der Waals surface area contributed by atoms with Crippen LogP contribution >= 0.6 is 15.9 Å². The van der Waals surface area contributed by atoms with Gasteiger partial charge in [-0.05, 0) is 51.3 Å². The van der Waals surface area contributed by atoms with Crippen molar-refractivity contribution < 1.29 is 4.79 Å². The van der Waals surface area contributed by atoms with Gasteiger partial charge in [0.25, 0.3) is 0 Å². The van der Waals surface area contributed by atoms with Crippen molar-refractivity contribution in [1.29, 1.82) is 0 Å². The third-order valence-corrected chi connectivity index (χ3v) is 2.93. The van der Waals surface area contributed by atoms with Crippen molar-refractivity contribution in [1.82, 2.24) is 10.2 Å². The van der Waals surface area contributed by atoms with Gasteiger partial charge < -0.3 is 15.5 Å². The van der Waals surface area contributed by atoms with Crippen LogP contribution in [0.1, 0.15) is 6.42 Å². The first-order valence-corrected chi connectivity index (χ1v) is 6.78. The second-order valence-corrected chi connectivity index (χ2v) is 5.28. The number of hydrogen-bond acceptors (Lipinski definition) is 3. The number of rotatable bonds is 7. The number of carbonyl (C=O) groups excluding carboxylic acids is 1. The van der Waals surface area contributed by atoms with Gasteiger partial charge in [0.05, 0.1) is 6.54 Å². The smallest absolute Gasteiger partial charge is 0.239 e. The van der Waals surface area contributed by atoms with Crippen molar-refractivity contribution in [3.05, 3.63) is 28.7 Å². The standard InChI is InChI=1S/C13H20BrN3O/c1-17(2)9-3-8-15-13(18)10-16-12-6-4-11(14)5-7-12/h4-7,16H,3,8-10H2,1-2H3,(H,15,18). The average Bonchev–Trinajstić information content (AvgIpc) is 2.34. The lowest BCUT2D eigenvalue weighted by Crippen LogP contribution is -2.31. The zero-order valence-corrected chi connectivity index (χ0v) is 12.5. The molecule has 0 radical (unpaired) electrons. The molecule has 5 heteroatoms. The highest BCUT2D eigenvalue weighted by molar-refractivity contribution is 9.10. The van der Waals surface area contributed by atoms with Gasteiger partial charge in [0, 0.05) is 16.7 Å². The van der Waals surface area contributed by atoms with Crippen molar-refractivity contribution in [3.63, 3.8) is 0 Å². The normalized spacial score (nSPS) is 10.4. The lowest BCUT2D eigenvalue weighted by Gasteiger charge is -2.10. The third-order valence-electron chi connectivity index (χ3n) is 2.40. The Labute approximate surface area is 117 Å². The van der Waals surface area contributed by atoms with Crippen molar-refractivity contribution in [3.8, 4) is 0 Å². The number of hydrogen-bond donors (Lipinski definition) is 2. The Bertz CT molecular complexity index is 365. The molecule has 0 atom stereocenters. The quantitative estimate of drug-likeness (QED) is 0.756. The molecule has 0 aliphatic rings. The van der Waals surface area contributed by atoms with Crippen LogP contribution in [0.4, 0.5) is 5.69 Å². The van der Waals surface area contributed by atoms with E-state index in [0.29, 0.717) is 6.54 Å². The molecule has 1 amide bonds. The van der Waals surface area contributed by atoms with Gasteiger partial charge in [-0.25, -0.2) is 0 Å². The number of benzene rings is 1. The first-order valence-electron chi connectivity index (χ1n) is 5.99. The molecule has 0 saturated carbocycles. The second kappa shape index (κ2) is 8.11. The minimum absolute atomic E-state index is 0.0247. The van der Waals surface area contributed by atoms with Crippen LogP contribution in [-0.4, -0.2) is 44.5 Å². The van der Waals surface area contributed by atoms with Gasteiger partial charge in [-0.3, -0.25) is 4.79 Å². The number of nitrogens with zero attached hydrogens (tertiary/aromatic N) is 1. The molecule has 0 unspecified atom stereocenters. The van der Waals surface area contributed by atoms with Crippen molar-refractivity contribution in [2.24, 2.45) is 0 Å². The van der Waals surface area contributed by atoms with Crippen LogP contribution < -0.4 is 10.6 Å². The van der Waals surface area contributed by atoms with Crippen molar-refractivity contribution in [2.75, 3.05) is 39.0 Å². The zero-order chi connectivity index (χ0) is 13.4. The summed E-state index contributed by atoms with van der Waals surface area (Å²) in [6, 6.07) is 7.75. The molecule has 18 heavy (non-hydrogen) atoms. The first kappa shape index (κ1) is 15.0. The predicted octanol–water partition coefficient (Wildman–Crippen LogP) is 1.93. The fourth-order valence-corrected chi connectivity index (χ4v) is 1.70. The Balaban J connectivity index is 2.15. The third kappa shape index (κ3) is 6.61. The first-order chi connectivity index (χ1) is 8.58. The molecule has 0 spiro atoms. The highest BCUT2D eigenvalue weighted by atomic mass is 79.9.